The molecule has 0 aromatic heterocycles. The normalized spacial score (nSPS) is 10.9. The van der Waals surface area contributed by atoms with E-state index in [4.69, 9.17) is 4.74 Å². The third-order valence-electron chi connectivity index (χ3n) is 4.51. The molecule has 0 N–H and O–H groups in total. The molecule has 0 bridgehead atoms. The minimum absolute atomic E-state index is 0.164. The summed E-state index contributed by atoms with van der Waals surface area (Å²) in [6.07, 6.45) is 1.56. The Morgan fingerprint density at radius 2 is 1.42 bits per heavy atom. The highest BCUT2D eigenvalue weighted by Crippen LogP contribution is 2.31. The molecule has 0 aliphatic heterocycles. The number of methoxy groups -OCH3 is 1. The van der Waals surface area contributed by atoms with Crippen LogP contribution in [0.2, 0.25) is 0 Å². The first kappa shape index (κ1) is 19.2. The molecule has 0 aliphatic rings. The molecule has 0 saturated heterocycles. The van der Waals surface area contributed by atoms with Crippen molar-refractivity contribution < 1.29 is 9.13 Å². The lowest BCUT2D eigenvalue weighted by Gasteiger charge is -2.13. The van der Waals surface area contributed by atoms with Crippen LogP contribution in [0, 0.1) is 5.82 Å². The lowest BCUT2D eigenvalue weighted by atomic mass is 9.94. The second-order valence-electron chi connectivity index (χ2n) is 6.22. The average molecular weight is 384 g/mol. The Hall–Kier alpha value is -1.59. The van der Waals surface area contributed by atoms with Crippen LogP contribution in [0.4, 0.5) is 4.39 Å². The molecule has 0 heterocycles. The Morgan fingerprint density at radius 1 is 0.769 bits per heavy atom. The number of halogens is 1. The molecule has 0 saturated carbocycles. The van der Waals surface area contributed by atoms with Crippen LogP contribution in [-0.4, -0.2) is 7.11 Å². The van der Waals surface area contributed by atoms with Crippen LogP contribution < -0.4 is 0 Å². The quantitative estimate of drug-likeness (QED) is 0.470. The molecule has 2 atom stereocenters. The maximum atomic E-state index is 14.2. The second-order valence-corrected chi connectivity index (χ2v) is 7.03. The molecule has 0 radical (unpaired) electrons. The van der Waals surface area contributed by atoms with Gasteiger partial charge in [0.05, 0.1) is 6.61 Å². The summed E-state index contributed by atoms with van der Waals surface area (Å²) in [5.41, 5.74) is 7.28. The van der Waals surface area contributed by atoms with Gasteiger partial charge in [-0.25, -0.2) is 4.39 Å². The van der Waals surface area contributed by atoms with Crippen LogP contribution in [0.15, 0.2) is 60.7 Å². The van der Waals surface area contributed by atoms with Gasteiger partial charge in [0, 0.05) is 7.11 Å². The Bertz CT molecular complexity index is 891. The summed E-state index contributed by atoms with van der Waals surface area (Å²) in [4.78, 5) is 0. The van der Waals surface area contributed by atoms with Crippen LogP contribution in [-0.2, 0) is 23.7 Å². The molecule has 0 aliphatic carbocycles. The van der Waals surface area contributed by atoms with Crippen molar-refractivity contribution in [1.82, 2.24) is 0 Å². The summed E-state index contributed by atoms with van der Waals surface area (Å²) in [7, 11) is 7.00. The van der Waals surface area contributed by atoms with Crippen LogP contribution >= 0.6 is 18.5 Å². The Labute approximate surface area is 159 Å². The fourth-order valence-electron chi connectivity index (χ4n) is 3.04. The molecular formula is C22H23FOP2. The average Bonchev–Trinajstić information content (AvgIpc) is 2.68. The number of rotatable bonds is 6. The first-order valence-electron chi connectivity index (χ1n) is 8.56. The van der Waals surface area contributed by atoms with Gasteiger partial charge in [0.25, 0.3) is 0 Å². The predicted octanol–water partition coefficient (Wildman–Crippen LogP) is 6.06. The van der Waals surface area contributed by atoms with Gasteiger partial charge in [-0.15, -0.1) is 18.5 Å². The molecule has 2 unspecified atom stereocenters. The van der Waals surface area contributed by atoms with E-state index in [9.17, 15) is 4.39 Å². The van der Waals surface area contributed by atoms with Crippen molar-refractivity contribution in [1.29, 1.82) is 0 Å². The number of benzene rings is 3. The van der Waals surface area contributed by atoms with Gasteiger partial charge in [0.15, 0.2) is 0 Å². The van der Waals surface area contributed by atoms with E-state index in [1.807, 2.05) is 18.2 Å². The Balaban J connectivity index is 2.02. The van der Waals surface area contributed by atoms with Gasteiger partial charge in [-0.2, -0.15) is 0 Å². The molecule has 0 amide bonds. The SMILES string of the molecule is COCc1cc(-c2ccc(CP)c(F)c2)ccc1-c1ccc(CP)cc1. The summed E-state index contributed by atoms with van der Waals surface area (Å²) in [5, 5.41) is 0. The summed E-state index contributed by atoms with van der Waals surface area (Å²) in [6, 6.07) is 20.2. The van der Waals surface area contributed by atoms with Crippen molar-refractivity contribution in [2.75, 3.05) is 7.11 Å². The number of hydrogen-bond donors (Lipinski definition) is 0. The van der Waals surface area contributed by atoms with Gasteiger partial charge in [0.2, 0.25) is 0 Å². The third kappa shape index (κ3) is 4.21. The van der Waals surface area contributed by atoms with Crippen molar-refractivity contribution in [3.05, 3.63) is 83.2 Å². The van der Waals surface area contributed by atoms with Gasteiger partial charge in [-0.3, -0.25) is 0 Å². The van der Waals surface area contributed by atoms with Gasteiger partial charge in [0.1, 0.15) is 5.82 Å². The van der Waals surface area contributed by atoms with Crippen molar-refractivity contribution in [3.63, 3.8) is 0 Å². The minimum atomic E-state index is -0.164. The van der Waals surface area contributed by atoms with Crippen molar-refractivity contribution in [3.8, 4) is 22.3 Å². The summed E-state index contributed by atoms with van der Waals surface area (Å²) >= 11 is 0. The molecule has 3 aromatic rings. The Morgan fingerprint density at radius 3 is 2.04 bits per heavy atom. The smallest absolute Gasteiger partial charge is 0.127 e. The first-order chi connectivity index (χ1) is 12.7. The fraction of sp³-hybridized carbons (Fsp3) is 0.182. The lowest BCUT2D eigenvalue weighted by molar-refractivity contribution is 0.185. The van der Waals surface area contributed by atoms with Gasteiger partial charge >= 0.3 is 0 Å². The third-order valence-corrected chi connectivity index (χ3v) is 5.42. The monoisotopic (exact) mass is 384 g/mol. The molecule has 0 spiro atoms. The van der Waals surface area contributed by atoms with E-state index in [0.717, 1.165) is 34.0 Å². The maximum absolute atomic E-state index is 14.2. The molecule has 0 fully saturated rings. The highest BCUT2D eigenvalue weighted by molar-refractivity contribution is 7.15. The molecule has 26 heavy (non-hydrogen) atoms. The minimum Gasteiger partial charge on any atom is -0.380 e. The first-order valence-corrected chi connectivity index (χ1v) is 10.2. The number of ether oxygens (including phenoxy) is 1. The summed E-state index contributed by atoms with van der Waals surface area (Å²) in [6.45, 7) is 0.515. The molecule has 1 nitrogen and oxygen atoms in total. The van der Waals surface area contributed by atoms with E-state index >= 15 is 0 Å². The van der Waals surface area contributed by atoms with Crippen LogP contribution in [0.5, 0.6) is 0 Å². The largest absolute Gasteiger partial charge is 0.380 e. The Kier molecular flexibility index (Phi) is 6.54. The maximum Gasteiger partial charge on any atom is 0.127 e. The van der Waals surface area contributed by atoms with Crippen LogP contribution in [0.1, 0.15) is 16.7 Å². The number of hydrogen-bond acceptors (Lipinski definition) is 1. The lowest BCUT2D eigenvalue weighted by Crippen LogP contribution is -1.94. The van der Waals surface area contributed by atoms with Crippen LogP contribution in [0.3, 0.4) is 0 Å². The highest BCUT2D eigenvalue weighted by Gasteiger charge is 2.10. The fourth-order valence-corrected chi connectivity index (χ4v) is 3.65. The van der Waals surface area contributed by atoms with E-state index < -0.39 is 0 Å². The van der Waals surface area contributed by atoms with Crippen molar-refractivity contribution in [2.45, 2.75) is 18.9 Å². The summed E-state index contributed by atoms with van der Waals surface area (Å²) in [5.74, 6) is -0.164. The predicted molar refractivity (Wildman–Crippen MR) is 115 cm³/mol. The highest BCUT2D eigenvalue weighted by atomic mass is 31.0. The molecule has 134 valence electrons. The van der Waals surface area contributed by atoms with E-state index in [1.54, 1.807) is 13.2 Å². The van der Waals surface area contributed by atoms with Crippen LogP contribution in [0.25, 0.3) is 22.3 Å². The zero-order valence-corrected chi connectivity index (χ0v) is 17.1. The zero-order valence-electron chi connectivity index (χ0n) is 14.8. The molecule has 3 rings (SSSR count). The van der Waals surface area contributed by atoms with Crippen molar-refractivity contribution >= 4 is 18.5 Å². The summed E-state index contributed by atoms with van der Waals surface area (Å²) < 4.78 is 19.6. The van der Waals surface area contributed by atoms with E-state index in [0.29, 0.717) is 18.3 Å². The molecule has 3 aromatic carbocycles. The van der Waals surface area contributed by atoms with Crippen molar-refractivity contribution in [2.24, 2.45) is 0 Å². The van der Waals surface area contributed by atoms with E-state index in [2.05, 4.69) is 54.9 Å². The second kappa shape index (κ2) is 8.87. The topological polar surface area (TPSA) is 9.23 Å². The van der Waals surface area contributed by atoms with Gasteiger partial charge in [-0.1, -0.05) is 48.5 Å². The standard InChI is InChI=1S/C22H23FOP2/c1-24-12-20-10-17(18-6-7-19(14-26)22(23)11-18)8-9-21(20)16-4-2-15(13-25)3-5-16/h2-11H,12-14,25-26H2,1H3. The van der Waals surface area contributed by atoms with Gasteiger partial charge < -0.3 is 4.74 Å². The zero-order chi connectivity index (χ0) is 18.5. The molecular weight excluding hydrogens is 361 g/mol. The van der Waals surface area contributed by atoms with E-state index in [-0.39, 0.29) is 5.82 Å². The van der Waals surface area contributed by atoms with E-state index in [1.165, 1.54) is 5.56 Å². The molecule has 4 heteroatoms. The van der Waals surface area contributed by atoms with Gasteiger partial charge in [-0.05, 0) is 63.4 Å².